The highest BCUT2D eigenvalue weighted by atomic mass is 16.5. The van der Waals surface area contributed by atoms with Crippen LogP contribution in [-0.4, -0.2) is 51.3 Å². The maximum Gasteiger partial charge on any atom is 0.121 e. The number of aromatic nitrogens is 3. The third-order valence-electron chi connectivity index (χ3n) is 3.80. The van der Waals surface area contributed by atoms with Gasteiger partial charge in [0.15, 0.2) is 0 Å². The smallest absolute Gasteiger partial charge is 0.121 e. The van der Waals surface area contributed by atoms with Gasteiger partial charge in [0.2, 0.25) is 0 Å². The fourth-order valence-electron chi connectivity index (χ4n) is 2.56. The first-order chi connectivity index (χ1) is 10.2. The van der Waals surface area contributed by atoms with Crippen LogP contribution in [0.4, 0.5) is 0 Å². The Hall–Kier alpha value is -1.92. The molecule has 1 fully saturated rings. The Morgan fingerprint density at radius 3 is 2.90 bits per heavy atom. The van der Waals surface area contributed by atoms with Crippen molar-refractivity contribution in [2.24, 2.45) is 0 Å². The third kappa shape index (κ3) is 3.40. The van der Waals surface area contributed by atoms with Gasteiger partial charge in [0.05, 0.1) is 30.8 Å². The van der Waals surface area contributed by atoms with Crippen molar-refractivity contribution in [3.05, 3.63) is 36.2 Å². The lowest BCUT2D eigenvalue weighted by Gasteiger charge is -2.28. The Labute approximate surface area is 124 Å². The maximum absolute atomic E-state index is 9.52. The van der Waals surface area contributed by atoms with E-state index in [9.17, 15) is 5.11 Å². The Balaban J connectivity index is 1.68. The van der Waals surface area contributed by atoms with Crippen molar-refractivity contribution in [1.29, 1.82) is 0 Å². The van der Waals surface area contributed by atoms with E-state index in [4.69, 9.17) is 4.74 Å². The molecule has 0 amide bonds. The molecule has 21 heavy (non-hydrogen) atoms. The third-order valence-corrected chi connectivity index (χ3v) is 3.80. The molecule has 0 saturated carbocycles. The Bertz CT molecular complexity index is 591. The minimum atomic E-state index is -0.145. The molecule has 0 bridgehead atoms. The quantitative estimate of drug-likeness (QED) is 0.917. The summed E-state index contributed by atoms with van der Waals surface area (Å²) in [6.45, 7) is 2.59. The molecule has 0 aliphatic carbocycles. The highest BCUT2D eigenvalue weighted by Crippen LogP contribution is 2.17. The lowest BCUT2D eigenvalue weighted by molar-refractivity contribution is 0.0786. The van der Waals surface area contributed by atoms with Crippen molar-refractivity contribution in [1.82, 2.24) is 19.9 Å². The van der Waals surface area contributed by atoms with Crippen LogP contribution in [0.25, 0.3) is 5.69 Å². The van der Waals surface area contributed by atoms with Gasteiger partial charge in [-0.2, -0.15) is 0 Å². The second kappa shape index (κ2) is 6.24. The first-order valence-electron chi connectivity index (χ1n) is 7.20. The van der Waals surface area contributed by atoms with E-state index in [1.807, 2.05) is 30.5 Å². The molecule has 1 aromatic carbocycles. The van der Waals surface area contributed by atoms with E-state index in [0.717, 1.165) is 49.6 Å². The van der Waals surface area contributed by atoms with E-state index in [2.05, 4.69) is 15.2 Å². The highest BCUT2D eigenvalue weighted by Gasteiger charge is 2.18. The molecule has 2 aromatic rings. The molecule has 1 N–H and O–H groups in total. The van der Waals surface area contributed by atoms with Gasteiger partial charge in [-0.05, 0) is 25.0 Å². The zero-order chi connectivity index (χ0) is 14.7. The van der Waals surface area contributed by atoms with Crippen molar-refractivity contribution >= 4 is 0 Å². The van der Waals surface area contributed by atoms with E-state index in [0.29, 0.717) is 0 Å². The second-order valence-electron chi connectivity index (χ2n) is 5.36. The second-order valence-corrected chi connectivity index (χ2v) is 5.36. The van der Waals surface area contributed by atoms with E-state index in [1.54, 1.807) is 11.8 Å². The largest absolute Gasteiger partial charge is 0.497 e. The number of likely N-dealkylation sites (tertiary alicyclic amines) is 1. The molecule has 112 valence electrons. The Kier molecular flexibility index (Phi) is 4.17. The van der Waals surface area contributed by atoms with Crippen LogP contribution in [0.5, 0.6) is 5.75 Å². The fraction of sp³-hybridized carbons (Fsp3) is 0.467. The Morgan fingerprint density at radius 2 is 2.14 bits per heavy atom. The lowest BCUT2D eigenvalue weighted by Crippen LogP contribution is -2.35. The van der Waals surface area contributed by atoms with Gasteiger partial charge in [-0.3, -0.25) is 4.90 Å². The number of methoxy groups -OCH3 is 1. The number of hydrogen-bond donors (Lipinski definition) is 1. The SMILES string of the molecule is COc1cccc(-n2cc(CN3CCC(O)CC3)nn2)c1. The summed E-state index contributed by atoms with van der Waals surface area (Å²) in [5.74, 6) is 0.801. The Morgan fingerprint density at radius 1 is 1.33 bits per heavy atom. The average Bonchev–Trinajstić information content (AvgIpc) is 2.98. The normalized spacial score (nSPS) is 17.0. The van der Waals surface area contributed by atoms with E-state index >= 15 is 0 Å². The summed E-state index contributed by atoms with van der Waals surface area (Å²) in [6.07, 6.45) is 3.47. The van der Waals surface area contributed by atoms with Crippen LogP contribution < -0.4 is 4.74 Å². The number of piperidine rings is 1. The van der Waals surface area contributed by atoms with Crippen molar-refractivity contribution in [2.75, 3.05) is 20.2 Å². The predicted octanol–water partition coefficient (Wildman–Crippen LogP) is 1.23. The summed E-state index contributed by atoms with van der Waals surface area (Å²) in [7, 11) is 1.65. The van der Waals surface area contributed by atoms with Crippen molar-refractivity contribution in [2.45, 2.75) is 25.5 Å². The molecule has 6 nitrogen and oxygen atoms in total. The van der Waals surface area contributed by atoms with Crippen LogP contribution in [0.15, 0.2) is 30.5 Å². The van der Waals surface area contributed by atoms with Gasteiger partial charge < -0.3 is 9.84 Å². The lowest BCUT2D eigenvalue weighted by atomic mass is 10.1. The summed E-state index contributed by atoms with van der Waals surface area (Å²) < 4.78 is 6.98. The first-order valence-corrected chi connectivity index (χ1v) is 7.20. The van der Waals surface area contributed by atoms with Crippen LogP contribution >= 0.6 is 0 Å². The van der Waals surface area contributed by atoms with Gasteiger partial charge in [0.1, 0.15) is 5.75 Å². The minimum absolute atomic E-state index is 0.145. The van der Waals surface area contributed by atoms with Crippen LogP contribution in [0.3, 0.4) is 0 Å². The van der Waals surface area contributed by atoms with Gasteiger partial charge in [-0.25, -0.2) is 4.68 Å². The zero-order valence-electron chi connectivity index (χ0n) is 12.1. The van der Waals surface area contributed by atoms with Crippen LogP contribution in [-0.2, 0) is 6.54 Å². The van der Waals surface area contributed by atoms with E-state index in [-0.39, 0.29) is 6.10 Å². The topological polar surface area (TPSA) is 63.4 Å². The van der Waals surface area contributed by atoms with E-state index in [1.165, 1.54) is 0 Å². The van der Waals surface area contributed by atoms with Crippen molar-refractivity contribution < 1.29 is 9.84 Å². The average molecular weight is 288 g/mol. The molecule has 1 saturated heterocycles. The van der Waals surface area contributed by atoms with Crippen molar-refractivity contribution in [3.63, 3.8) is 0 Å². The molecule has 3 rings (SSSR count). The summed E-state index contributed by atoms with van der Waals surface area (Å²) >= 11 is 0. The fourth-order valence-corrected chi connectivity index (χ4v) is 2.56. The molecule has 0 radical (unpaired) electrons. The number of benzene rings is 1. The summed E-state index contributed by atoms with van der Waals surface area (Å²) in [5, 5.41) is 17.9. The van der Waals surface area contributed by atoms with Crippen LogP contribution in [0.1, 0.15) is 18.5 Å². The number of aliphatic hydroxyl groups excluding tert-OH is 1. The van der Waals surface area contributed by atoms with Crippen LogP contribution in [0.2, 0.25) is 0 Å². The summed E-state index contributed by atoms with van der Waals surface area (Å²) in [4.78, 5) is 2.30. The zero-order valence-corrected chi connectivity index (χ0v) is 12.1. The number of rotatable bonds is 4. The molecular weight excluding hydrogens is 268 g/mol. The predicted molar refractivity (Wildman–Crippen MR) is 78.4 cm³/mol. The number of ether oxygens (including phenoxy) is 1. The molecular formula is C15H20N4O2. The summed E-state index contributed by atoms with van der Waals surface area (Å²) in [6, 6.07) is 7.73. The maximum atomic E-state index is 9.52. The van der Waals surface area contributed by atoms with Gasteiger partial charge >= 0.3 is 0 Å². The van der Waals surface area contributed by atoms with Gasteiger partial charge in [0.25, 0.3) is 0 Å². The van der Waals surface area contributed by atoms with E-state index < -0.39 is 0 Å². The molecule has 1 aliphatic heterocycles. The van der Waals surface area contributed by atoms with Gasteiger partial charge in [0, 0.05) is 25.7 Å². The molecule has 0 atom stereocenters. The molecule has 0 spiro atoms. The minimum Gasteiger partial charge on any atom is -0.497 e. The standard InChI is InChI=1S/C15H20N4O2/c1-21-15-4-2-3-13(9-15)19-11-12(16-17-19)10-18-7-5-14(20)6-8-18/h2-4,9,11,14,20H,5-8,10H2,1H3. The first kappa shape index (κ1) is 14.0. The molecule has 2 heterocycles. The highest BCUT2D eigenvalue weighted by molar-refractivity contribution is 5.38. The number of nitrogens with zero attached hydrogens (tertiary/aromatic N) is 4. The summed E-state index contributed by atoms with van der Waals surface area (Å²) in [5.41, 5.74) is 1.87. The monoisotopic (exact) mass is 288 g/mol. The van der Waals surface area contributed by atoms with Crippen molar-refractivity contribution in [3.8, 4) is 11.4 Å². The molecule has 0 unspecified atom stereocenters. The molecule has 6 heteroatoms. The number of hydrogen-bond acceptors (Lipinski definition) is 5. The molecule has 1 aliphatic rings. The molecule has 1 aromatic heterocycles. The van der Waals surface area contributed by atoms with Gasteiger partial charge in [-0.15, -0.1) is 5.10 Å². The number of aliphatic hydroxyl groups is 1. The van der Waals surface area contributed by atoms with Gasteiger partial charge in [-0.1, -0.05) is 11.3 Å². The van der Waals surface area contributed by atoms with Crippen LogP contribution in [0, 0.1) is 0 Å².